The van der Waals surface area contributed by atoms with E-state index in [-0.39, 0.29) is 5.91 Å². The molecule has 126 valence electrons. The molecule has 1 aromatic heterocycles. The molecule has 1 amide bonds. The first-order chi connectivity index (χ1) is 12.3. The van der Waals surface area contributed by atoms with Crippen molar-refractivity contribution in [3.8, 4) is 0 Å². The second-order valence-electron chi connectivity index (χ2n) is 6.42. The third-order valence-electron chi connectivity index (χ3n) is 4.82. The zero-order valence-corrected chi connectivity index (χ0v) is 14.1. The van der Waals surface area contributed by atoms with Crippen LogP contribution in [0.4, 0.5) is 0 Å². The molecule has 1 saturated heterocycles. The van der Waals surface area contributed by atoms with Crippen LogP contribution in [-0.2, 0) is 6.54 Å². The molecule has 0 aliphatic carbocycles. The predicted octanol–water partition coefficient (Wildman–Crippen LogP) is 3.19. The minimum absolute atomic E-state index is 0.0328. The highest BCUT2D eigenvalue weighted by Crippen LogP contribution is 2.20. The van der Waals surface area contributed by atoms with Crippen molar-refractivity contribution in [1.29, 1.82) is 0 Å². The van der Waals surface area contributed by atoms with Crippen LogP contribution in [0.25, 0.3) is 10.8 Å². The molecular formula is C21H21N3O. The molecule has 0 radical (unpaired) electrons. The zero-order chi connectivity index (χ0) is 17.1. The second kappa shape index (κ2) is 7.03. The van der Waals surface area contributed by atoms with Gasteiger partial charge in [0.2, 0.25) is 0 Å². The Kier molecular flexibility index (Phi) is 4.44. The first-order valence-electron chi connectivity index (χ1n) is 8.70. The third-order valence-corrected chi connectivity index (χ3v) is 4.82. The van der Waals surface area contributed by atoms with Crippen molar-refractivity contribution in [2.45, 2.75) is 6.54 Å². The van der Waals surface area contributed by atoms with Gasteiger partial charge in [0.25, 0.3) is 5.91 Å². The van der Waals surface area contributed by atoms with E-state index in [0.717, 1.165) is 32.7 Å². The molecule has 4 nitrogen and oxygen atoms in total. The van der Waals surface area contributed by atoms with Crippen LogP contribution in [0.15, 0.2) is 66.9 Å². The lowest BCUT2D eigenvalue weighted by molar-refractivity contribution is 0.0623. The highest BCUT2D eigenvalue weighted by molar-refractivity contribution is 5.92. The maximum absolute atomic E-state index is 12.5. The van der Waals surface area contributed by atoms with Gasteiger partial charge in [-0.2, -0.15) is 0 Å². The van der Waals surface area contributed by atoms with Gasteiger partial charge in [0.15, 0.2) is 0 Å². The number of carbonyl (C=O) groups is 1. The van der Waals surface area contributed by atoms with Crippen molar-refractivity contribution < 1.29 is 4.79 Å². The Labute approximate surface area is 147 Å². The average Bonchev–Trinajstić information content (AvgIpc) is 2.69. The average molecular weight is 331 g/mol. The lowest BCUT2D eigenvalue weighted by Gasteiger charge is -2.34. The maximum atomic E-state index is 12.5. The Balaban J connectivity index is 1.41. The molecule has 0 unspecified atom stereocenters. The number of amides is 1. The minimum Gasteiger partial charge on any atom is -0.335 e. The number of piperazine rings is 1. The van der Waals surface area contributed by atoms with Crippen LogP contribution >= 0.6 is 0 Å². The van der Waals surface area contributed by atoms with E-state index in [2.05, 4.69) is 52.3 Å². The smallest absolute Gasteiger partial charge is 0.272 e. The molecule has 0 N–H and O–H groups in total. The molecule has 0 bridgehead atoms. The first kappa shape index (κ1) is 15.8. The second-order valence-corrected chi connectivity index (χ2v) is 6.42. The Morgan fingerprint density at radius 1 is 0.880 bits per heavy atom. The summed E-state index contributed by atoms with van der Waals surface area (Å²) in [6, 6.07) is 20.5. The summed E-state index contributed by atoms with van der Waals surface area (Å²) >= 11 is 0. The Bertz CT molecular complexity index is 865. The van der Waals surface area contributed by atoms with Gasteiger partial charge in [-0.05, 0) is 28.5 Å². The Morgan fingerprint density at radius 2 is 1.64 bits per heavy atom. The number of carbonyl (C=O) groups excluding carboxylic acids is 1. The van der Waals surface area contributed by atoms with Gasteiger partial charge < -0.3 is 4.90 Å². The van der Waals surface area contributed by atoms with Crippen molar-refractivity contribution in [3.05, 3.63) is 78.1 Å². The van der Waals surface area contributed by atoms with E-state index in [4.69, 9.17) is 0 Å². The fourth-order valence-corrected chi connectivity index (χ4v) is 3.43. The van der Waals surface area contributed by atoms with Gasteiger partial charge in [-0.3, -0.25) is 14.7 Å². The Hall–Kier alpha value is -2.72. The highest BCUT2D eigenvalue weighted by atomic mass is 16.2. The van der Waals surface area contributed by atoms with Gasteiger partial charge in [-0.25, -0.2) is 0 Å². The summed E-state index contributed by atoms with van der Waals surface area (Å²) in [4.78, 5) is 21.0. The monoisotopic (exact) mass is 331 g/mol. The van der Waals surface area contributed by atoms with Crippen molar-refractivity contribution in [1.82, 2.24) is 14.8 Å². The number of fused-ring (bicyclic) bond motifs is 1. The maximum Gasteiger partial charge on any atom is 0.272 e. The standard InChI is InChI=1S/C21H21N3O/c25-21(20-10-3-4-11-22-20)24-14-12-23(13-15-24)16-18-8-5-7-17-6-1-2-9-19(17)18/h1-11H,12-16H2. The summed E-state index contributed by atoms with van der Waals surface area (Å²) in [5.41, 5.74) is 1.88. The lowest BCUT2D eigenvalue weighted by Crippen LogP contribution is -2.48. The summed E-state index contributed by atoms with van der Waals surface area (Å²) in [6.45, 7) is 4.21. The number of hydrogen-bond donors (Lipinski definition) is 0. The van der Waals surface area contributed by atoms with E-state index in [1.54, 1.807) is 12.3 Å². The van der Waals surface area contributed by atoms with Crippen LogP contribution in [-0.4, -0.2) is 46.9 Å². The summed E-state index contributed by atoms with van der Waals surface area (Å²) in [6.07, 6.45) is 1.67. The van der Waals surface area contributed by atoms with Crippen LogP contribution in [0.5, 0.6) is 0 Å². The van der Waals surface area contributed by atoms with Gasteiger partial charge in [0.05, 0.1) is 0 Å². The van der Waals surface area contributed by atoms with E-state index in [1.165, 1.54) is 16.3 Å². The Morgan fingerprint density at radius 3 is 2.44 bits per heavy atom. The van der Waals surface area contributed by atoms with Gasteiger partial charge in [-0.15, -0.1) is 0 Å². The largest absolute Gasteiger partial charge is 0.335 e. The van der Waals surface area contributed by atoms with E-state index < -0.39 is 0 Å². The van der Waals surface area contributed by atoms with Crippen molar-refractivity contribution >= 4 is 16.7 Å². The van der Waals surface area contributed by atoms with Crippen LogP contribution in [0.2, 0.25) is 0 Å². The molecule has 2 aromatic carbocycles. The summed E-state index contributed by atoms with van der Waals surface area (Å²) < 4.78 is 0. The molecule has 0 saturated carbocycles. The molecule has 1 aliphatic rings. The predicted molar refractivity (Wildman–Crippen MR) is 99.4 cm³/mol. The highest BCUT2D eigenvalue weighted by Gasteiger charge is 2.22. The van der Waals surface area contributed by atoms with E-state index >= 15 is 0 Å². The zero-order valence-electron chi connectivity index (χ0n) is 14.1. The number of aromatic nitrogens is 1. The fraction of sp³-hybridized carbons (Fsp3) is 0.238. The number of benzene rings is 2. The van der Waals surface area contributed by atoms with Crippen molar-refractivity contribution in [2.24, 2.45) is 0 Å². The molecule has 4 rings (SSSR count). The van der Waals surface area contributed by atoms with Gasteiger partial charge in [0.1, 0.15) is 5.69 Å². The molecule has 1 aliphatic heterocycles. The van der Waals surface area contributed by atoms with Gasteiger partial charge in [-0.1, -0.05) is 48.5 Å². The van der Waals surface area contributed by atoms with E-state index in [9.17, 15) is 4.79 Å². The third kappa shape index (κ3) is 3.39. The molecule has 0 atom stereocenters. The molecule has 4 heteroatoms. The lowest BCUT2D eigenvalue weighted by atomic mass is 10.0. The number of nitrogens with zero attached hydrogens (tertiary/aromatic N) is 3. The molecule has 1 fully saturated rings. The number of rotatable bonds is 3. The molecule has 2 heterocycles. The topological polar surface area (TPSA) is 36.4 Å². The quantitative estimate of drug-likeness (QED) is 0.739. The summed E-state index contributed by atoms with van der Waals surface area (Å²) in [5.74, 6) is 0.0328. The first-order valence-corrected chi connectivity index (χ1v) is 8.70. The van der Waals surface area contributed by atoms with Crippen molar-refractivity contribution in [2.75, 3.05) is 26.2 Å². The minimum atomic E-state index is 0.0328. The molecule has 0 spiro atoms. The summed E-state index contributed by atoms with van der Waals surface area (Å²) in [7, 11) is 0. The number of pyridine rings is 1. The van der Waals surface area contributed by atoms with Crippen LogP contribution < -0.4 is 0 Å². The SMILES string of the molecule is O=C(c1ccccn1)N1CCN(Cc2cccc3ccccc23)CC1. The van der Waals surface area contributed by atoms with Crippen LogP contribution in [0.1, 0.15) is 16.1 Å². The normalized spacial score (nSPS) is 15.4. The van der Waals surface area contributed by atoms with Crippen molar-refractivity contribution in [3.63, 3.8) is 0 Å². The van der Waals surface area contributed by atoms with Crippen LogP contribution in [0.3, 0.4) is 0 Å². The fourth-order valence-electron chi connectivity index (χ4n) is 3.43. The van der Waals surface area contributed by atoms with Gasteiger partial charge >= 0.3 is 0 Å². The van der Waals surface area contributed by atoms with Gasteiger partial charge in [0, 0.05) is 38.9 Å². The number of hydrogen-bond acceptors (Lipinski definition) is 3. The molecule has 3 aromatic rings. The van der Waals surface area contributed by atoms with E-state index in [1.807, 2.05) is 17.0 Å². The van der Waals surface area contributed by atoms with E-state index in [0.29, 0.717) is 5.69 Å². The molecular weight excluding hydrogens is 310 g/mol. The summed E-state index contributed by atoms with van der Waals surface area (Å²) in [5, 5.41) is 2.60. The molecule has 25 heavy (non-hydrogen) atoms. The van der Waals surface area contributed by atoms with Crippen LogP contribution in [0, 0.1) is 0 Å².